The molecular weight excluding hydrogens is 657 g/mol. The van der Waals surface area contributed by atoms with Crippen LogP contribution >= 0.6 is 11.6 Å². The van der Waals surface area contributed by atoms with E-state index in [4.69, 9.17) is 16.3 Å². The van der Waals surface area contributed by atoms with Gasteiger partial charge < -0.3 is 34.4 Å². The summed E-state index contributed by atoms with van der Waals surface area (Å²) >= 11 is 6.12. The number of fused-ring (bicyclic) bond motifs is 1. The van der Waals surface area contributed by atoms with Crippen molar-refractivity contribution in [2.45, 2.75) is 65.1 Å². The number of rotatable bonds is 8. The topological polar surface area (TPSA) is 138 Å². The second kappa shape index (κ2) is 13.7. The zero-order valence-electron chi connectivity index (χ0n) is 27.1. The molecule has 4 heterocycles. The largest absolute Gasteiger partial charge is 0.444 e. The van der Waals surface area contributed by atoms with Gasteiger partial charge in [-0.15, -0.1) is 5.10 Å². The summed E-state index contributed by atoms with van der Waals surface area (Å²) in [6, 6.07) is 2.74. The van der Waals surface area contributed by atoms with Gasteiger partial charge in [0.15, 0.2) is 5.82 Å². The molecule has 2 aromatic heterocycles. The van der Waals surface area contributed by atoms with Crippen molar-refractivity contribution in [3.63, 3.8) is 0 Å². The van der Waals surface area contributed by atoms with Crippen LogP contribution in [-0.2, 0) is 28.7 Å². The van der Waals surface area contributed by atoms with Crippen molar-refractivity contribution in [2.24, 2.45) is 0 Å². The van der Waals surface area contributed by atoms with Gasteiger partial charge in [0.05, 0.1) is 22.8 Å². The van der Waals surface area contributed by atoms with Gasteiger partial charge in [0, 0.05) is 51.0 Å². The number of alkyl halides is 3. The van der Waals surface area contributed by atoms with Crippen LogP contribution in [0.5, 0.6) is 0 Å². The minimum absolute atomic E-state index is 0.0698. The number of likely N-dealkylation sites (tertiary alicyclic amines) is 1. The molecule has 13 nitrogen and oxygen atoms in total. The number of ether oxygens (including phenoxy) is 1. The van der Waals surface area contributed by atoms with E-state index in [-0.39, 0.29) is 47.9 Å². The van der Waals surface area contributed by atoms with E-state index in [1.165, 1.54) is 12.2 Å². The lowest BCUT2D eigenvalue weighted by Crippen LogP contribution is -2.51. The fraction of sp³-hybridized carbons (Fsp3) is 0.516. The average Bonchev–Trinajstić information content (AvgIpc) is 3.41. The fourth-order valence-electron chi connectivity index (χ4n) is 5.47. The van der Waals surface area contributed by atoms with Crippen LogP contribution in [0.15, 0.2) is 29.1 Å². The number of aliphatic hydroxyl groups excluding tert-OH is 1. The van der Waals surface area contributed by atoms with Crippen LogP contribution in [0.4, 0.5) is 29.3 Å². The van der Waals surface area contributed by atoms with E-state index < -0.39 is 35.2 Å². The minimum Gasteiger partial charge on any atom is -0.444 e. The molecule has 17 heteroatoms. The average molecular weight is 695 g/mol. The summed E-state index contributed by atoms with van der Waals surface area (Å²) < 4.78 is 47.7. The Labute approximate surface area is 279 Å². The third-order valence-corrected chi connectivity index (χ3v) is 8.25. The second-order valence-electron chi connectivity index (χ2n) is 12.6. The quantitative estimate of drug-likeness (QED) is 0.266. The third-order valence-electron chi connectivity index (χ3n) is 7.94. The number of piperazine rings is 1. The van der Waals surface area contributed by atoms with E-state index in [2.05, 4.69) is 15.4 Å². The highest BCUT2D eigenvalue weighted by atomic mass is 35.5. The summed E-state index contributed by atoms with van der Waals surface area (Å²) in [5, 5.41) is 18.0. The van der Waals surface area contributed by atoms with Crippen molar-refractivity contribution >= 4 is 46.8 Å². The highest BCUT2D eigenvalue weighted by molar-refractivity contribution is 6.33. The fourth-order valence-corrected chi connectivity index (χ4v) is 5.71. The number of hydrogen-bond acceptors (Lipinski definition) is 9. The molecule has 48 heavy (non-hydrogen) atoms. The van der Waals surface area contributed by atoms with Crippen molar-refractivity contribution in [1.29, 1.82) is 0 Å². The molecule has 0 radical (unpaired) electrons. The van der Waals surface area contributed by atoms with Gasteiger partial charge in [0.1, 0.15) is 17.5 Å². The highest BCUT2D eigenvalue weighted by Gasteiger charge is 2.32. The predicted octanol–water partition coefficient (Wildman–Crippen LogP) is 3.86. The summed E-state index contributed by atoms with van der Waals surface area (Å²) in [5.41, 5.74) is -1.20. The van der Waals surface area contributed by atoms with Crippen LogP contribution in [0.1, 0.15) is 51.2 Å². The number of amides is 2. The number of benzene rings is 1. The molecule has 1 aromatic carbocycles. The maximum atomic E-state index is 14.0. The molecule has 260 valence electrons. The Hall–Kier alpha value is -4.31. The first-order chi connectivity index (χ1) is 22.6. The van der Waals surface area contributed by atoms with Gasteiger partial charge >= 0.3 is 12.3 Å². The molecule has 0 aliphatic carbocycles. The molecule has 2 aliphatic rings. The lowest BCUT2D eigenvalue weighted by Gasteiger charge is -2.37. The number of hydrogen-bond donors (Lipinski definition) is 2. The predicted molar refractivity (Wildman–Crippen MR) is 173 cm³/mol. The third kappa shape index (κ3) is 7.70. The number of nitrogens with zero attached hydrogens (tertiary/aromatic N) is 7. The van der Waals surface area contributed by atoms with Gasteiger partial charge in [0.2, 0.25) is 11.7 Å². The van der Waals surface area contributed by atoms with Crippen molar-refractivity contribution in [3.8, 4) is 0 Å². The van der Waals surface area contributed by atoms with Crippen LogP contribution in [0.2, 0.25) is 5.02 Å². The molecule has 1 unspecified atom stereocenters. The first-order valence-corrected chi connectivity index (χ1v) is 16.0. The molecular formula is C31H38ClF3N8O5. The van der Waals surface area contributed by atoms with Crippen molar-refractivity contribution < 1.29 is 32.6 Å². The van der Waals surface area contributed by atoms with Crippen LogP contribution in [0, 0.1) is 0 Å². The summed E-state index contributed by atoms with van der Waals surface area (Å²) in [6.07, 6.45) is -2.44. The first kappa shape index (κ1) is 35.0. The maximum absolute atomic E-state index is 14.0. The molecule has 2 N–H and O–H groups in total. The van der Waals surface area contributed by atoms with Gasteiger partial charge in [-0.05, 0) is 57.9 Å². The van der Waals surface area contributed by atoms with E-state index in [0.29, 0.717) is 44.0 Å². The SMILES string of the molecule is CCc1c(N2CCN(C(=O)OC(C)(C)C)CC2)c(=O)n2nc(/C=C/C(=O)N3CCC3)nc2n1CC(O)Nc1ccc(C(F)(F)F)cc1Cl. The number of nitrogens with one attached hydrogen (secondary N) is 1. The van der Waals surface area contributed by atoms with Gasteiger partial charge in [-0.25, -0.2) is 4.79 Å². The Balaban J connectivity index is 1.49. The van der Waals surface area contributed by atoms with E-state index in [1.807, 2.05) is 11.8 Å². The molecule has 0 bridgehead atoms. The number of aromatic nitrogens is 4. The molecule has 5 rings (SSSR count). The summed E-state index contributed by atoms with van der Waals surface area (Å²) in [7, 11) is 0. The molecule has 2 saturated heterocycles. The Morgan fingerprint density at radius 1 is 1.10 bits per heavy atom. The highest BCUT2D eigenvalue weighted by Crippen LogP contribution is 2.34. The first-order valence-electron chi connectivity index (χ1n) is 15.6. The Morgan fingerprint density at radius 2 is 1.79 bits per heavy atom. The summed E-state index contributed by atoms with van der Waals surface area (Å²) in [4.78, 5) is 48.7. The molecule has 2 fully saturated rings. The smallest absolute Gasteiger partial charge is 0.416 e. The molecule has 0 spiro atoms. The van der Waals surface area contributed by atoms with Crippen LogP contribution in [0.3, 0.4) is 0 Å². The molecule has 3 aromatic rings. The number of carbonyl (C=O) groups excluding carboxylic acids is 2. The van der Waals surface area contributed by atoms with Crippen molar-refractivity contribution in [2.75, 3.05) is 49.5 Å². The molecule has 2 amide bonds. The van der Waals surface area contributed by atoms with Gasteiger partial charge in [-0.2, -0.15) is 22.7 Å². The number of halogens is 4. The zero-order valence-corrected chi connectivity index (χ0v) is 27.8. The molecule has 0 saturated carbocycles. The summed E-state index contributed by atoms with van der Waals surface area (Å²) in [6.45, 7) is 9.47. The van der Waals surface area contributed by atoms with E-state index >= 15 is 0 Å². The van der Waals surface area contributed by atoms with Gasteiger partial charge in [-0.3, -0.25) is 9.59 Å². The van der Waals surface area contributed by atoms with Crippen LogP contribution in [-0.4, -0.2) is 97.2 Å². The minimum atomic E-state index is -4.59. The number of carbonyl (C=O) groups is 2. The lowest BCUT2D eigenvalue weighted by atomic mass is 10.2. The standard InChI is InChI=1S/C31H38ClF3N8O5/c1-5-22-26(40-13-15-41(16-14-40)29(47)48-30(2,3)4)27(46)43-28(37-23(38-43)9-10-25(45)39-11-6-12-39)42(22)18-24(44)36-21-8-7-19(17-20(21)32)31(33,34)35/h7-10,17,24,36,44H,5-6,11-16,18H2,1-4H3/b10-9+. The normalized spacial score (nSPS) is 16.4. The molecule has 2 aliphatic heterocycles. The van der Waals surface area contributed by atoms with Crippen molar-refractivity contribution in [1.82, 2.24) is 29.0 Å². The van der Waals surface area contributed by atoms with Crippen LogP contribution < -0.4 is 15.8 Å². The Bertz CT molecular complexity index is 1770. The lowest BCUT2D eigenvalue weighted by molar-refractivity contribution is -0.137. The zero-order chi connectivity index (χ0) is 35.0. The maximum Gasteiger partial charge on any atom is 0.416 e. The van der Waals surface area contributed by atoms with Crippen molar-refractivity contribution in [3.05, 3.63) is 56.7 Å². The number of anilines is 2. The van der Waals surface area contributed by atoms with Gasteiger partial charge in [0.25, 0.3) is 5.56 Å². The Morgan fingerprint density at radius 3 is 2.35 bits per heavy atom. The summed E-state index contributed by atoms with van der Waals surface area (Å²) in [5.74, 6) is -0.0264. The monoisotopic (exact) mass is 694 g/mol. The second-order valence-corrected chi connectivity index (χ2v) is 13.0. The van der Waals surface area contributed by atoms with Crippen LogP contribution in [0.25, 0.3) is 11.9 Å². The van der Waals surface area contributed by atoms with E-state index in [1.54, 1.807) is 35.1 Å². The number of aliphatic hydroxyl groups is 1. The Kier molecular flexibility index (Phi) is 9.97. The van der Waals surface area contributed by atoms with Gasteiger partial charge in [-0.1, -0.05) is 18.5 Å². The van der Waals surface area contributed by atoms with E-state index in [0.717, 1.165) is 29.1 Å². The molecule has 1 atom stereocenters. The van der Waals surface area contributed by atoms with E-state index in [9.17, 15) is 32.7 Å².